The van der Waals surface area contributed by atoms with Crippen molar-refractivity contribution in [3.63, 3.8) is 0 Å². The van der Waals surface area contributed by atoms with Crippen LogP contribution in [0.1, 0.15) is 34.5 Å². The summed E-state index contributed by atoms with van der Waals surface area (Å²) in [6.45, 7) is 0.972. The van der Waals surface area contributed by atoms with E-state index in [1.165, 1.54) is 11.8 Å². The molecule has 1 heterocycles. The van der Waals surface area contributed by atoms with Crippen molar-refractivity contribution in [2.24, 2.45) is 5.73 Å². The highest BCUT2D eigenvalue weighted by Crippen LogP contribution is 2.47. The summed E-state index contributed by atoms with van der Waals surface area (Å²) >= 11 is 0. The Balaban J connectivity index is 0.00000161. The van der Waals surface area contributed by atoms with Crippen LogP contribution in [-0.2, 0) is 12.0 Å². The number of halogens is 1. The third kappa shape index (κ3) is 3.28. The topological polar surface area (TPSA) is 68.3 Å². The summed E-state index contributed by atoms with van der Waals surface area (Å²) in [5.41, 5.74) is 7.43. The third-order valence-corrected chi connectivity index (χ3v) is 3.94. The van der Waals surface area contributed by atoms with Gasteiger partial charge in [-0.15, -0.1) is 12.4 Å². The Labute approximate surface area is 130 Å². The van der Waals surface area contributed by atoms with E-state index in [1.807, 2.05) is 18.2 Å². The smallest absolute Gasteiger partial charge is 0.254 e. The minimum Gasteiger partial charge on any atom is -0.467 e. The number of nitrogens with one attached hydrogen (secondary N) is 1. The van der Waals surface area contributed by atoms with Crippen LogP contribution in [0.2, 0.25) is 0 Å². The van der Waals surface area contributed by atoms with Crippen molar-refractivity contribution in [3.8, 4) is 0 Å². The third-order valence-electron chi connectivity index (χ3n) is 3.94. The highest BCUT2D eigenvalue weighted by molar-refractivity contribution is 5.94. The first-order valence-corrected chi connectivity index (χ1v) is 6.85. The second-order valence-corrected chi connectivity index (χ2v) is 5.33. The highest BCUT2D eigenvalue weighted by atomic mass is 35.5. The quantitative estimate of drug-likeness (QED) is 0.892. The minimum absolute atomic E-state index is 0. The van der Waals surface area contributed by atoms with Crippen LogP contribution < -0.4 is 11.1 Å². The van der Waals surface area contributed by atoms with Gasteiger partial charge in [0.15, 0.2) is 0 Å². The summed E-state index contributed by atoms with van der Waals surface area (Å²) in [5.74, 6) is 0.523. The van der Waals surface area contributed by atoms with Gasteiger partial charge in [-0.05, 0) is 24.5 Å². The summed E-state index contributed by atoms with van der Waals surface area (Å²) in [6, 6.07) is 12.0. The molecule has 4 nitrogen and oxygen atoms in total. The molecule has 1 aliphatic rings. The summed E-state index contributed by atoms with van der Waals surface area (Å²) in [4.78, 5) is 12.1. The number of nitrogens with two attached hydrogens (primary N) is 1. The zero-order chi connectivity index (χ0) is 14.0. The molecule has 112 valence electrons. The van der Waals surface area contributed by atoms with Crippen molar-refractivity contribution < 1.29 is 9.21 Å². The van der Waals surface area contributed by atoms with Crippen LogP contribution in [0.3, 0.4) is 0 Å². The van der Waals surface area contributed by atoms with Crippen LogP contribution in [-0.4, -0.2) is 12.5 Å². The number of amides is 1. The van der Waals surface area contributed by atoms with E-state index in [2.05, 4.69) is 17.4 Å². The molecule has 0 unspecified atom stereocenters. The summed E-state index contributed by atoms with van der Waals surface area (Å²) in [6.07, 6.45) is 3.70. The molecule has 1 saturated carbocycles. The van der Waals surface area contributed by atoms with Gasteiger partial charge in [-0.3, -0.25) is 4.79 Å². The predicted octanol–water partition coefficient (Wildman–Crippen LogP) is 2.62. The summed E-state index contributed by atoms with van der Waals surface area (Å²) in [5, 5.41) is 3.00. The Hall–Kier alpha value is -1.78. The molecule has 1 aromatic carbocycles. The number of carbonyl (C=O) groups is 1. The normalized spacial score (nSPS) is 15.1. The molecule has 0 atom stereocenters. The fraction of sp³-hybridized carbons (Fsp3) is 0.312. The van der Waals surface area contributed by atoms with Crippen molar-refractivity contribution in [2.75, 3.05) is 6.54 Å². The average molecular weight is 307 g/mol. The lowest BCUT2D eigenvalue weighted by atomic mass is 9.96. The molecular formula is C16H19ClN2O2. The van der Waals surface area contributed by atoms with Gasteiger partial charge in [0.1, 0.15) is 12.0 Å². The van der Waals surface area contributed by atoms with Gasteiger partial charge in [0.05, 0.1) is 12.1 Å². The maximum atomic E-state index is 12.1. The highest BCUT2D eigenvalue weighted by Gasteiger charge is 2.44. The van der Waals surface area contributed by atoms with Crippen LogP contribution in [0.15, 0.2) is 47.1 Å². The first-order valence-electron chi connectivity index (χ1n) is 6.85. The maximum absolute atomic E-state index is 12.1. The molecule has 0 bridgehead atoms. The van der Waals surface area contributed by atoms with Crippen LogP contribution in [0, 0.1) is 0 Å². The van der Waals surface area contributed by atoms with Crippen molar-refractivity contribution >= 4 is 18.3 Å². The Morgan fingerprint density at radius 2 is 2.00 bits per heavy atom. The van der Waals surface area contributed by atoms with Crippen molar-refractivity contribution in [1.82, 2.24) is 5.32 Å². The molecule has 5 heteroatoms. The lowest BCUT2D eigenvalue weighted by Gasteiger charge is -2.16. The van der Waals surface area contributed by atoms with Gasteiger partial charge in [0.25, 0.3) is 5.91 Å². The fourth-order valence-corrected chi connectivity index (χ4v) is 2.47. The van der Waals surface area contributed by atoms with Crippen LogP contribution >= 0.6 is 12.4 Å². The zero-order valence-corrected chi connectivity index (χ0v) is 12.5. The molecule has 0 radical (unpaired) electrons. The fourth-order valence-electron chi connectivity index (χ4n) is 2.47. The predicted molar refractivity (Wildman–Crippen MR) is 83.5 cm³/mol. The summed E-state index contributed by atoms with van der Waals surface area (Å²) in [7, 11) is 0. The molecule has 3 N–H and O–H groups in total. The number of rotatable bonds is 5. The van der Waals surface area contributed by atoms with Gasteiger partial charge < -0.3 is 15.5 Å². The standard InChI is InChI=1S/C16H18N2O2.ClH/c17-9-14-8-12(10-20-14)15(19)18-11-16(6-7-16)13-4-2-1-3-5-13;/h1-5,8,10H,6-7,9,11,17H2,(H,18,19);1H. The van der Waals surface area contributed by atoms with Gasteiger partial charge in [0, 0.05) is 12.0 Å². The maximum Gasteiger partial charge on any atom is 0.254 e. The van der Waals surface area contributed by atoms with Gasteiger partial charge in [-0.2, -0.15) is 0 Å². The van der Waals surface area contributed by atoms with Gasteiger partial charge in [-0.1, -0.05) is 30.3 Å². The van der Waals surface area contributed by atoms with Crippen molar-refractivity contribution in [3.05, 3.63) is 59.5 Å². The van der Waals surface area contributed by atoms with E-state index < -0.39 is 0 Å². The van der Waals surface area contributed by atoms with E-state index in [0.717, 1.165) is 12.8 Å². The summed E-state index contributed by atoms with van der Waals surface area (Å²) < 4.78 is 5.18. The van der Waals surface area contributed by atoms with Crippen LogP contribution in [0.25, 0.3) is 0 Å². The molecule has 2 aromatic rings. The molecule has 3 rings (SSSR count). The van der Waals surface area contributed by atoms with E-state index in [0.29, 0.717) is 24.4 Å². The average Bonchev–Trinajstić information content (AvgIpc) is 3.14. The van der Waals surface area contributed by atoms with E-state index in [4.69, 9.17) is 10.2 Å². The lowest BCUT2D eigenvalue weighted by molar-refractivity contribution is 0.0949. The SMILES string of the molecule is Cl.NCc1cc(C(=O)NCC2(c3ccccc3)CC2)co1. The van der Waals surface area contributed by atoms with Crippen LogP contribution in [0.4, 0.5) is 0 Å². The van der Waals surface area contributed by atoms with E-state index >= 15 is 0 Å². The Bertz CT molecular complexity index is 606. The second-order valence-electron chi connectivity index (χ2n) is 5.33. The number of carbonyl (C=O) groups excluding carboxylic acids is 1. The minimum atomic E-state index is -0.101. The van der Waals surface area contributed by atoms with E-state index in [1.54, 1.807) is 6.07 Å². The molecule has 0 spiro atoms. The van der Waals surface area contributed by atoms with Gasteiger partial charge >= 0.3 is 0 Å². The number of hydrogen-bond acceptors (Lipinski definition) is 3. The number of hydrogen-bond donors (Lipinski definition) is 2. The first kappa shape index (κ1) is 15.6. The van der Waals surface area contributed by atoms with Gasteiger partial charge in [0.2, 0.25) is 0 Å². The molecule has 21 heavy (non-hydrogen) atoms. The van der Waals surface area contributed by atoms with E-state index in [-0.39, 0.29) is 23.7 Å². The largest absolute Gasteiger partial charge is 0.467 e. The molecule has 0 saturated heterocycles. The zero-order valence-electron chi connectivity index (χ0n) is 11.7. The van der Waals surface area contributed by atoms with Gasteiger partial charge in [-0.25, -0.2) is 0 Å². The number of benzene rings is 1. The first-order chi connectivity index (χ1) is 9.73. The van der Waals surface area contributed by atoms with Crippen molar-refractivity contribution in [1.29, 1.82) is 0 Å². The van der Waals surface area contributed by atoms with Crippen molar-refractivity contribution in [2.45, 2.75) is 24.8 Å². The molecule has 1 aliphatic carbocycles. The monoisotopic (exact) mass is 306 g/mol. The van der Waals surface area contributed by atoms with E-state index in [9.17, 15) is 4.79 Å². The molecule has 1 fully saturated rings. The number of furan rings is 1. The Morgan fingerprint density at radius 1 is 1.29 bits per heavy atom. The van der Waals surface area contributed by atoms with Crippen LogP contribution in [0.5, 0.6) is 0 Å². The molecular weight excluding hydrogens is 288 g/mol. The Morgan fingerprint density at radius 3 is 2.57 bits per heavy atom. The lowest BCUT2D eigenvalue weighted by Crippen LogP contribution is -2.32. The second kappa shape index (κ2) is 6.33. The molecule has 0 aliphatic heterocycles. The molecule has 1 amide bonds. The Kier molecular flexibility index (Phi) is 4.70. The molecule has 1 aromatic heterocycles.